The van der Waals surface area contributed by atoms with Crippen LogP contribution < -0.4 is 5.73 Å². The topological polar surface area (TPSA) is 52.3 Å². The Bertz CT molecular complexity index is 381. The molecular weight excluding hydrogens is 238 g/mol. The van der Waals surface area contributed by atoms with Gasteiger partial charge in [0, 0.05) is 5.54 Å². The van der Waals surface area contributed by atoms with Crippen LogP contribution in [0.4, 0.5) is 0 Å². The number of carbonyl (C=O) groups is 1. The Morgan fingerprint density at radius 3 is 2.35 bits per heavy atom. The number of esters is 1. The van der Waals surface area contributed by atoms with Crippen molar-refractivity contribution in [2.45, 2.75) is 31.7 Å². The Balaban J connectivity index is 0.00000144. The zero-order chi connectivity index (χ0) is 11.6. The largest absolute Gasteiger partial charge is 0.466 e. The summed E-state index contributed by atoms with van der Waals surface area (Å²) < 4.78 is 4.95. The van der Waals surface area contributed by atoms with Gasteiger partial charge in [-0.15, -0.1) is 12.4 Å². The first kappa shape index (κ1) is 14.0. The molecule has 1 aromatic rings. The van der Waals surface area contributed by atoms with Gasteiger partial charge in [-0.05, 0) is 30.9 Å². The molecule has 3 nitrogen and oxygen atoms in total. The first-order valence-electron chi connectivity index (χ1n) is 5.64. The minimum absolute atomic E-state index is 0. The summed E-state index contributed by atoms with van der Waals surface area (Å²) >= 11 is 0. The monoisotopic (exact) mass is 255 g/mol. The summed E-state index contributed by atoms with van der Waals surface area (Å²) in [7, 11) is 0. The van der Waals surface area contributed by atoms with Crippen LogP contribution in [0.25, 0.3) is 0 Å². The third-order valence-electron chi connectivity index (χ3n) is 3.01. The quantitative estimate of drug-likeness (QED) is 0.839. The zero-order valence-electron chi connectivity index (χ0n) is 9.94. The maximum atomic E-state index is 11.5. The van der Waals surface area contributed by atoms with Crippen LogP contribution >= 0.6 is 12.4 Å². The average molecular weight is 256 g/mol. The number of fused-ring (bicyclic) bond motifs is 1. The van der Waals surface area contributed by atoms with Gasteiger partial charge in [-0.3, -0.25) is 4.79 Å². The molecule has 0 saturated heterocycles. The maximum absolute atomic E-state index is 11.5. The van der Waals surface area contributed by atoms with Crippen molar-refractivity contribution in [2.75, 3.05) is 6.61 Å². The first-order valence-corrected chi connectivity index (χ1v) is 5.64. The molecular formula is C13H18ClNO2. The van der Waals surface area contributed by atoms with Crippen molar-refractivity contribution >= 4 is 18.4 Å². The standard InChI is InChI=1S/C13H17NO2.ClH/c1-2-16-12(15)9-13(14)7-10-5-3-4-6-11(10)8-13;/h3-6H,2,7-9,14H2,1H3;1H. The molecule has 2 rings (SSSR count). The minimum atomic E-state index is -0.448. The van der Waals surface area contributed by atoms with E-state index in [1.165, 1.54) is 11.1 Å². The molecule has 1 aliphatic carbocycles. The van der Waals surface area contributed by atoms with Crippen LogP contribution in [0, 0.1) is 0 Å². The van der Waals surface area contributed by atoms with Gasteiger partial charge in [-0.2, -0.15) is 0 Å². The number of hydrogen-bond acceptors (Lipinski definition) is 3. The Morgan fingerprint density at radius 1 is 1.35 bits per heavy atom. The molecule has 0 unspecified atom stereocenters. The molecule has 1 aromatic carbocycles. The molecule has 17 heavy (non-hydrogen) atoms. The lowest BCUT2D eigenvalue weighted by Gasteiger charge is -2.22. The van der Waals surface area contributed by atoms with Crippen LogP contribution in [0.3, 0.4) is 0 Å². The molecule has 0 atom stereocenters. The number of carbonyl (C=O) groups excluding carboxylic acids is 1. The van der Waals surface area contributed by atoms with Gasteiger partial charge in [0.25, 0.3) is 0 Å². The van der Waals surface area contributed by atoms with Gasteiger partial charge in [0.2, 0.25) is 0 Å². The molecule has 4 heteroatoms. The van der Waals surface area contributed by atoms with Crippen LogP contribution in [0.5, 0.6) is 0 Å². The van der Waals surface area contributed by atoms with Crippen LogP contribution in [-0.4, -0.2) is 18.1 Å². The molecule has 94 valence electrons. The number of hydrogen-bond donors (Lipinski definition) is 1. The maximum Gasteiger partial charge on any atom is 0.307 e. The third-order valence-corrected chi connectivity index (χ3v) is 3.01. The lowest BCUT2D eigenvalue weighted by Crippen LogP contribution is -2.43. The molecule has 0 spiro atoms. The van der Waals surface area contributed by atoms with Crippen molar-refractivity contribution in [3.63, 3.8) is 0 Å². The van der Waals surface area contributed by atoms with E-state index < -0.39 is 5.54 Å². The summed E-state index contributed by atoms with van der Waals surface area (Å²) in [6, 6.07) is 8.17. The van der Waals surface area contributed by atoms with Crippen molar-refractivity contribution in [3.8, 4) is 0 Å². The second-order valence-electron chi connectivity index (χ2n) is 4.47. The Morgan fingerprint density at radius 2 is 1.88 bits per heavy atom. The van der Waals surface area contributed by atoms with Crippen molar-refractivity contribution < 1.29 is 9.53 Å². The number of halogens is 1. The lowest BCUT2D eigenvalue weighted by atomic mass is 9.93. The molecule has 0 heterocycles. The van der Waals surface area contributed by atoms with E-state index in [9.17, 15) is 4.79 Å². The zero-order valence-corrected chi connectivity index (χ0v) is 10.8. The van der Waals surface area contributed by atoms with Crippen molar-refractivity contribution in [1.82, 2.24) is 0 Å². The molecule has 0 aromatic heterocycles. The summed E-state index contributed by atoms with van der Waals surface area (Å²) in [5, 5.41) is 0. The van der Waals surface area contributed by atoms with Crippen LogP contribution in [0.1, 0.15) is 24.5 Å². The highest BCUT2D eigenvalue weighted by Crippen LogP contribution is 2.30. The van der Waals surface area contributed by atoms with E-state index in [1.54, 1.807) is 0 Å². The number of ether oxygens (including phenoxy) is 1. The Kier molecular flexibility index (Phi) is 4.54. The van der Waals surface area contributed by atoms with Gasteiger partial charge in [0.05, 0.1) is 13.0 Å². The van der Waals surface area contributed by atoms with E-state index in [0.29, 0.717) is 13.0 Å². The molecule has 2 N–H and O–H groups in total. The van der Waals surface area contributed by atoms with Crippen LogP contribution in [-0.2, 0) is 22.4 Å². The van der Waals surface area contributed by atoms with Crippen molar-refractivity contribution in [2.24, 2.45) is 5.73 Å². The average Bonchev–Trinajstić information content (AvgIpc) is 2.53. The summed E-state index contributed by atoms with van der Waals surface area (Å²) in [5.74, 6) is -0.196. The number of rotatable bonds is 3. The predicted molar refractivity (Wildman–Crippen MR) is 69.3 cm³/mol. The highest BCUT2D eigenvalue weighted by Gasteiger charge is 2.35. The normalized spacial score (nSPS) is 15.9. The smallest absolute Gasteiger partial charge is 0.307 e. The van der Waals surface area contributed by atoms with E-state index >= 15 is 0 Å². The van der Waals surface area contributed by atoms with Gasteiger partial charge < -0.3 is 10.5 Å². The molecule has 0 bridgehead atoms. The van der Waals surface area contributed by atoms with E-state index in [4.69, 9.17) is 10.5 Å². The fourth-order valence-electron chi connectivity index (χ4n) is 2.35. The summed E-state index contributed by atoms with van der Waals surface area (Å²) in [4.78, 5) is 11.5. The van der Waals surface area contributed by atoms with Gasteiger partial charge in [-0.25, -0.2) is 0 Å². The molecule has 0 aliphatic heterocycles. The van der Waals surface area contributed by atoms with Gasteiger partial charge in [0.15, 0.2) is 0 Å². The summed E-state index contributed by atoms with van der Waals surface area (Å²) in [6.45, 7) is 2.23. The highest BCUT2D eigenvalue weighted by atomic mass is 35.5. The fraction of sp³-hybridized carbons (Fsp3) is 0.462. The second-order valence-corrected chi connectivity index (χ2v) is 4.47. The Labute approximate surface area is 108 Å². The number of benzene rings is 1. The van der Waals surface area contributed by atoms with Gasteiger partial charge in [0.1, 0.15) is 0 Å². The molecule has 1 aliphatic rings. The van der Waals surface area contributed by atoms with Gasteiger partial charge in [-0.1, -0.05) is 24.3 Å². The first-order chi connectivity index (χ1) is 7.63. The summed E-state index contributed by atoms with van der Waals surface area (Å²) in [5.41, 5.74) is 8.31. The Hall–Kier alpha value is -1.06. The fourth-order valence-corrected chi connectivity index (χ4v) is 2.35. The van der Waals surface area contributed by atoms with E-state index in [1.807, 2.05) is 19.1 Å². The highest BCUT2D eigenvalue weighted by molar-refractivity contribution is 5.85. The predicted octanol–water partition coefficient (Wildman–Crippen LogP) is 1.86. The van der Waals surface area contributed by atoms with Crippen LogP contribution in [0.15, 0.2) is 24.3 Å². The molecule has 0 amide bonds. The molecule has 0 fully saturated rings. The second kappa shape index (κ2) is 5.52. The lowest BCUT2D eigenvalue weighted by molar-refractivity contribution is -0.144. The third kappa shape index (κ3) is 3.20. The SMILES string of the molecule is CCOC(=O)CC1(N)Cc2ccccc2C1.Cl. The molecule has 0 saturated carbocycles. The van der Waals surface area contributed by atoms with Crippen LogP contribution in [0.2, 0.25) is 0 Å². The van der Waals surface area contributed by atoms with Gasteiger partial charge >= 0.3 is 5.97 Å². The molecule has 0 radical (unpaired) electrons. The summed E-state index contributed by atoms with van der Waals surface area (Å²) in [6.07, 6.45) is 1.83. The van der Waals surface area contributed by atoms with E-state index in [0.717, 1.165) is 12.8 Å². The van der Waals surface area contributed by atoms with E-state index in [-0.39, 0.29) is 18.4 Å². The minimum Gasteiger partial charge on any atom is -0.466 e. The van der Waals surface area contributed by atoms with E-state index in [2.05, 4.69) is 12.1 Å². The number of nitrogens with two attached hydrogens (primary N) is 1. The van der Waals surface area contributed by atoms with Crippen molar-refractivity contribution in [1.29, 1.82) is 0 Å². The van der Waals surface area contributed by atoms with Crippen molar-refractivity contribution in [3.05, 3.63) is 35.4 Å².